The molecule has 0 radical (unpaired) electrons. The van der Waals surface area contributed by atoms with Crippen molar-refractivity contribution in [2.24, 2.45) is 0 Å². The highest BCUT2D eigenvalue weighted by Crippen LogP contribution is 2.25. The van der Waals surface area contributed by atoms with E-state index in [4.69, 9.17) is 5.73 Å². The van der Waals surface area contributed by atoms with Gasteiger partial charge in [0, 0.05) is 12.2 Å². The van der Waals surface area contributed by atoms with Crippen molar-refractivity contribution < 1.29 is 8.42 Å². The molecule has 0 fully saturated rings. The third-order valence-corrected chi connectivity index (χ3v) is 5.40. The molecule has 0 unspecified atom stereocenters. The van der Waals surface area contributed by atoms with E-state index in [1.165, 1.54) is 0 Å². The van der Waals surface area contributed by atoms with Crippen LogP contribution in [-0.4, -0.2) is 27.0 Å². The van der Waals surface area contributed by atoms with E-state index in [1.807, 2.05) is 26.2 Å². The molecule has 1 rings (SSSR count). The first-order chi connectivity index (χ1) is 9.46. The topological polar surface area (TPSA) is 72.2 Å². The van der Waals surface area contributed by atoms with Crippen LogP contribution in [0.1, 0.15) is 31.4 Å². The number of hydrogen-bond acceptors (Lipinski definition) is 4. The number of thioether (sulfide) groups is 1. The monoisotopic (exact) mass is 316 g/mol. The summed E-state index contributed by atoms with van der Waals surface area (Å²) in [7, 11) is -3.48. The van der Waals surface area contributed by atoms with Gasteiger partial charge in [-0.1, -0.05) is 13.8 Å². The summed E-state index contributed by atoms with van der Waals surface area (Å²) < 4.78 is 27.5. The summed E-state index contributed by atoms with van der Waals surface area (Å²) >= 11 is 1.71. The summed E-state index contributed by atoms with van der Waals surface area (Å²) in [4.78, 5) is 0.334. The molecule has 3 N–H and O–H groups in total. The predicted octanol–water partition coefficient (Wildman–Crippen LogP) is 2.43. The lowest BCUT2D eigenvalue weighted by Gasteiger charge is -2.14. The highest BCUT2D eigenvalue weighted by molar-refractivity contribution is 7.98. The maximum atomic E-state index is 12.4. The number of nitrogen functional groups attached to an aromatic ring is 1. The largest absolute Gasteiger partial charge is 0.398 e. The van der Waals surface area contributed by atoms with Gasteiger partial charge in [0.1, 0.15) is 0 Å². The normalized spacial score (nSPS) is 11.8. The van der Waals surface area contributed by atoms with Gasteiger partial charge in [-0.2, -0.15) is 11.8 Å². The fourth-order valence-electron chi connectivity index (χ4n) is 2.05. The molecule has 0 aliphatic heterocycles. The second-order valence-corrected chi connectivity index (χ2v) is 7.33. The summed E-state index contributed by atoms with van der Waals surface area (Å²) in [6.45, 7) is 4.37. The zero-order valence-electron chi connectivity index (χ0n) is 12.4. The number of sulfonamides is 1. The Kier molecular flexibility index (Phi) is 6.85. The lowest BCUT2D eigenvalue weighted by molar-refractivity contribution is 0.580. The third-order valence-electron chi connectivity index (χ3n) is 3.17. The average Bonchev–Trinajstić information content (AvgIpc) is 2.42. The Morgan fingerprint density at radius 1 is 1.25 bits per heavy atom. The third kappa shape index (κ3) is 4.40. The van der Waals surface area contributed by atoms with E-state index >= 15 is 0 Å². The van der Waals surface area contributed by atoms with E-state index in [1.54, 1.807) is 17.8 Å². The minimum absolute atomic E-state index is 0.334. The molecule has 0 bridgehead atoms. The van der Waals surface area contributed by atoms with Crippen LogP contribution in [0, 0.1) is 0 Å². The molecule has 20 heavy (non-hydrogen) atoms. The quantitative estimate of drug-likeness (QED) is 0.571. The highest BCUT2D eigenvalue weighted by Gasteiger charge is 2.19. The molecule has 0 heterocycles. The molecule has 0 saturated heterocycles. The molecule has 1 aromatic rings. The number of rotatable bonds is 8. The van der Waals surface area contributed by atoms with Crippen LogP contribution < -0.4 is 10.5 Å². The van der Waals surface area contributed by atoms with E-state index in [9.17, 15) is 8.42 Å². The van der Waals surface area contributed by atoms with E-state index < -0.39 is 10.0 Å². The van der Waals surface area contributed by atoms with Gasteiger partial charge in [-0.15, -0.1) is 0 Å². The van der Waals surface area contributed by atoms with Gasteiger partial charge in [0.15, 0.2) is 0 Å². The van der Waals surface area contributed by atoms with Crippen LogP contribution in [0.15, 0.2) is 17.0 Å². The summed E-state index contributed by atoms with van der Waals surface area (Å²) in [5.74, 6) is 0.945. The van der Waals surface area contributed by atoms with Gasteiger partial charge >= 0.3 is 0 Å². The van der Waals surface area contributed by atoms with Crippen molar-refractivity contribution in [3.05, 3.63) is 23.3 Å². The van der Waals surface area contributed by atoms with Crippen LogP contribution in [0.5, 0.6) is 0 Å². The number of nitrogens with one attached hydrogen (secondary N) is 1. The molecule has 114 valence electrons. The molecule has 0 atom stereocenters. The Hall–Kier alpha value is -0.720. The van der Waals surface area contributed by atoms with Crippen LogP contribution >= 0.6 is 11.8 Å². The number of hydrogen-bond donors (Lipinski definition) is 2. The minimum atomic E-state index is -3.48. The number of aryl methyl sites for hydroxylation is 1. The van der Waals surface area contributed by atoms with Crippen molar-refractivity contribution in [1.82, 2.24) is 4.72 Å². The van der Waals surface area contributed by atoms with Gasteiger partial charge in [-0.3, -0.25) is 0 Å². The van der Waals surface area contributed by atoms with Crippen molar-refractivity contribution in [2.45, 2.75) is 38.0 Å². The van der Waals surface area contributed by atoms with Crippen molar-refractivity contribution >= 4 is 27.5 Å². The van der Waals surface area contributed by atoms with Gasteiger partial charge in [0.05, 0.1) is 4.90 Å². The minimum Gasteiger partial charge on any atom is -0.398 e. The number of anilines is 1. The second-order valence-electron chi connectivity index (χ2n) is 4.61. The Morgan fingerprint density at radius 2 is 1.95 bits per heavy atom. The molecule has 0 aliphatic carbocycles. The van der Waals surface area contributed by atoms with Gasteiger partial charge < -0.3 is 5.73 Å². The molecule has 4 nitrogen and oxygen atoms in total. The fraction of sp³-hybridized carbons (Fsp3) is 0.571. The van der Waals surface area contributed by atoms with E-state index in [-0.39, 0.29) is 0 Å². The molecule has 0 amide bonds. The number of benzene rings is 1. The summed E-state index contributed by atoms with van der Waals surface area (Å²) in [6, 6.07) is 3.61. The Labute approximate surface area is 126 Å². The lowest BCUT2D eigenvalue weighted by Crippen LogP contribution is -2.26. The summed E-state index contributed by atoms with van der Waals surface area (Å²) in [6.07, 6.45) is 4.21. The van der Waals surface area contributed by atoms with Crippen LogP contribution in [0.4, 0.5) is 5.69 Å². The first-order valence-electron chi connectivity index (χ1n) is 6.86. The molecule has 0 aliphatic rings. The highest BCUT2D eigenvalue weighted by atomic mass is 32.2. The Bertz CT molecular complexity index is 542. The van der Waals surface area contributed by atoms with Crippen molar-refractivity contribution in [1.29, 1.82) is 0 Å². The molecular weight excluding hydrogens is 292 g/mol. The zero-order valence-corrected chi connectivity index (χ0v) is 14.0. The number of nitrogens with two attached hydrogens (primary N) is 1. The SMILES string of the molecule is CCc1cc(N)c(CC)c(S(=O)(=O)NCCCSC)c1. The van der Waals surface area contributed by atoms with Gasteiger partial charge in [0.2, 0.25) is 10.0 Å². The second kappa shape index (κ2) is 7.90. The van der Waals surface area contributed by atoms with Gasteiger partial charge in [-0.25, -0.2) is 13.1 Å². The zero-order chi connectivity index (χ0) is 15.2. The lowest BCUT2D eigenvalue weighted by atomic mass is 10.1. The van der Waals surface area contributed by atoms with Gasteiger partial charge in [0.25, 0.3) is 0 Å². The van der Waals surface area contributed by atoms with Crippen molar-refractivity contribution in [3.63, 3.8) is 0 Å². The van der Waals surface area contributed by atoms with E-state index in [0.717, 1.165) is 24.2 Å². The first-order valence-corrected chi connectivity index (χ1v) is 9.73. The van der Waals surface area contributed by atoms with Crippen LogP contribution in [0.2, 0.25) is 0 Å². The Morgan fingerprint density at radius 3 is 2.50 bits per heavy atom. The fourth-order valence-corrected chi connectivity index (χ4v) is 3.94. The molecular formula is C14H24N2O2S2. The molecule has 1 aromatic carbocycles. The van der Waals surface area contributed by atoms with Crippen molar-refractivity contribution in [2.75, 3.05) is 24.3 Å². The molecule has 0 saturated carbocycles. The van der Waals surface area contributed by atoms with E-state index in [2.05, 4.69) is 4.72 Å². The predicted molar refractivity (Wildman–Crippen MR) is 87.8 cm³/mol. The first kappa shape index (κ1) is 17.3. The van der Waals surface area contributed by atoms with E-state index in [0.29, 0.717) is 29.1 Å². The molecule has 0 aromatic heterocycles. The maximum Gasteiger partial charge on any atom is 0.240 e. The van der Waals surface area contributed by atoms with Crippen LogP contribution in [0.25, 0.3) is 0 Å². The average molecular weight is 316 g/mol. The van der Waals surface area contributed by atoms with Crippen LogP contribution in [0.3, 0.4) is 0 Å². The molecule has 6 heteroatoms. The smallest absolute Gasteiger partial charge is 0.240 e. The van der Waals surface area contributed by atoms with Gasteiger partial charge in [-0.05, 0) is 54.5 Å². The summed E-state index contributed by atoms with van der Waals surface area (Å²) in [5.41, 5.74) is 8.21. The Balaban J connectivity index is 3.06. The molecule has 0 spiro atoms. The standard InChI is InChI=1S/C14H24N2O2S2/c1-4-11-9-13(15)12(5-2)14(10-11)20(17,18)16-7-6-8-19-3/h9-10,16H,4-8,15H2,1-3H3. The van der Waals surface area contributed by atoms with Crippen molar-refractivity contribution in [3.8, 4) is 0 Å². The maximum absolute atomic E-state index is 12.4. The summed E-state index contributed by atoms with van der Waals surface area (Å²) in [5, 5.41) is 0. The van der Waals surface area contributed by atoms with Crippen LogP contribution in [-0.2, 0) is 22.9 Å².